The van der Waals surface area contributed by atoms with Gasteiger partial charge in [-0.1, -0.05) is 31.2 Å². The summed E-state index contributed by atoms with van der Waals surface area (Å²) in [5, 5.41) is 5.57. The zero-order chi connectivity index (χ0) is 19.6. The van der Waals surface area contributed by atoms with Crippen molar-refractivity contribution in [3.8, 4) is 5.75 Å². The van der Waals surface area contributed by atoms with Crippen molar-refractivity contribution in [2.75, 3.05) is 5.32 Å². The summed E-state index contributed by atoms with van der Waals surface area (Å²) in [5.74, 6) is -0.574. The smallest absolute Gasteiger partial charge is 0.308 e. The molecule has 0 aliphatic heterocycles. The molecule has 27 heavy (non-hydrogen) atoms. The molecule has 0 spiro atoms. The zero-order valence-electron chi connectivity index (χ0n) is 15.3. The van der Waals surface area contributed by atoms with Crippen molar-refractivity contribution in [3.05, 3.63) is 71.8 Å². The number of rotatable bonds is 7. The van der Waals surface area contributed by atoms with E-state index in [0.717, 1.165) is 12.0 Å². The van der Waals surface area contributed by atoms with E-state index in [9.17, 15) is 14.4 Å². The molecule has 2 amide bonds. The van der Waals surface area contributed by atoms with Crippen LogP contribution < -0.4 is 15.4 Å². The van der Waals surface area contributed by atoms with Gasteiger partial charge in [0, 0.05) is 24.7 Å². The highest BCUT2D eigenvalue weighted by Crippen LogP contribution is 2.16. The number of carbonyl (C=O) groups excluding carboxylic acids is 3. The summed E-state index contributed by atoms with van der Waals surface area (Å²) in [5.41, 5.74) is 1.93. The van der Waals surface area contributed by atoms with Crippen molar-refractivity contribution >= 4 is 23.5 Å². The van der Waals surface area contributed by atoms with Gasteiger partial charge >= 0.3 is 5.97 Å². The Bertz CT molecular complexity index is 842. The van der Waals surface area contributed by atoms with E-state index < -0.39 is 5.97 Å². The van der Waals surface area contributed by atoms with Gasteiger partial charge in [-0.15, -0.1) is 0 Å². The molecule has 2 aromatic carbocycles. The summed E-state index contributed by atoms with van der Waals surface area (Å²) in [6, 6.07) is 13.6. The van der Waals surface area contributed by atoms with Crippen molar-refractivity contribution in [1.82, 2.24) is 5.32 Å². The van der Waals surface area contributed by atoms with Crippen LogP contribution in [0.3, 0.4) is 0 Å². The fourth-order valence-electron chi connectivity index (χ4n) is 2.25. The van der Waals surface area contributed by atoms with Crippen LogP contribution in [0.15, 0.2) is 60.7 Å². The summed E-state index contributed by atoms with van der Waals surface area (Å²) in [7, 11) is 0. The van der Waals surface area contributed by atoms with Gasteiger partial charge in [0.15, 0.2) is 0 Å². The number of carbonyl (C=O) groups is 3. The molecule has 0 bridgehead atoms. The number of amides is 2. The average Bonchev–Trinajstić information content (AvgIpc) is 2.65. The third kappa shape index (κ3) is 6.78. The number of anilines is 1. The fraction of sp³-hybridized carbons (Fsp3) is 0.190. The van der Waals surface area contributed by atoms with Gasteiger partial charge in [-0.05, 0) is 48.4 Å². The van der Waals surface area contributed by atoms with Gasteiger partial charge in [0.25, 0.3) is 5.91 Å². The lowest BCUT2D eigenvalue weighted by Crippen LogP contribution is -2.20. The van der Waals surface area contributed by atoms with Crippen molar-refractivity contribution in [2.24, 2.45) is 0 Å². The van der Waals surface area contributed by atoms with E-state index >= 15 is 0 Å². The van der Waals surface area contributed by atoms with Gasteiger partial charge in [-0.3, -0.25) is 14.4 Å². The Morgan fingerprint density at radius 1 is 1.07 bits per heavy atom. The van der Waals surface area contributed by atoms with Crippen LogP contribution in [0.25, 0.3) is 0 Å². The minimum absolute atomic E-state index is 0.137. The fourth-order valence-corrected chi connectivity index (χ4v) is 2.25. The summed E-state index contributed by atoms with van der Waals surface area (Å²) in [6.45, 7) is 3.67. The number of allylic oxidation sites excluding steroid dienone is 1. The first kappa shape index (κ1) is 19.9. The maximum absolute atomic E-state index is 12.3. The predicted octanol–water partition coefficient (Wildman–Crippen LogP) is 3.45. The molecule has 6 nitrogen and oxygen atoms in total. The van der Waals surface area contributed by atoms with Crippen LogP contribution in [-0.2, 0) is 16.1 Å². The first-order valence-corrected chi connectivity index (χ1v) is 8.61. The third-order valence-corrected chi connectivity index (χ3v) is 3.54. The molecule has 0 heterocycles. The summed E-state index contributed by atoms with van der Waals surface area (Å²) < 4.78 is 4.98. The maximum atomic E-state index is 12.3. The van der Waals surface area contributed by atoms with E-state index in [2.05, 4.69) is 10.6 Å². The Balaban J connectivity index is 1.94. The minimum atomic E-state index is -0.444. The predicted molar refractivity (Wildman–Crippen MR) is 103 cm³/mol. The Hall–Kier alpha value is -3.41. The second-order valence-electron chi connectivity index (χ2n) is 5.80. The van der Waals surface area contributed by atoms with E-state index in [-0.39, 0.29) is 11.8 Å². The Morgan fingerprint density at radius 2 is 1.81 bits per heavy atom. The van der Waals surface area contributed by atoms with E-state index in [1.54, 1.807) is 36.4 Å². The Morgan fingerprint density at radius 3 is 2.48 bits per heavy atom. The van der Waals surface area contributed by atoms with Crippen molar-refractivity contribution < 1.29 is 19.1 Å². The van der Waals surface area contributed by atoms with Crippen molar-refractivity contribution in [3.63, 3.8) is 0 Å². The quantitative estimate of drug-likeness (QED) is 0.447. The van der Waals surface area contributed by atoms with Gasteiger partial charge in [0.05, 0.1) is 0 Å². The molecule has 2 N–H and O–H groups in total. The van der Waals surface area contributed by atoms with Crippen LogP contribution in [-0.4, -0.2) is 17.8 Å². The number of benzene rings is 2. The molecule has 0 saturated carbocycles. The molecule has 2 aromatic rings. The summed E-state index contributed by atoms with van der Waals surface area (Å²) >= 11 is 0. The van der Waals surface area contributed by atoms with Gasteiger partial charge in [-0.25, -0.2) is 0 Å². The molecule has 0 aromatic heterocycles. The van der Waals surface area contributed by atoms with E-state index in [1.807, 2.05) is 19.1 Å². The highest BCUT2D eigenvalue weighted by atomic mass is 16.5. The van der Waals surface area contributed by atoms with Gasteiger partial charge < -0.3 is 15.4 Å². The monoisotopic (exact) mass is 366 g/mol. The van der Waals surface area contributed by atoms with E-state index in [0.29, 0.717) is 23.5 Å². The van der Waals surface area contributed by atoms with Crippen LogP contribution in [0.2, 0.25) is 0 Å². The highest BCUT2D eigenvalue weighted by molar-refractivity contribution is 6.04. The number of hydrogen-bond donors (Lipinski definition) is 2. The standard InChI is InChI=1S/C21H22N2O4/c1-3-4-8-20(25)22-14-16-9-11-18(12-10-16)23-21(26)17-6-5-7-19(13-17)27-15(2)24/h4-13H,3,14H2,1-2H3,(H,22,25)(H,23,26)/b8-4+. The molecule has 0 aliphatic rings. The highest BCUT2D eigenvalue weighted by Gasteiger charge is 2.08. The SMILES string of the molecule is CC/C=C/C(=O)NCc1ccc(NC(=O)c2cccc(OC(C)=O)c2)cc1. The zero-order valence-corrected chi connectivity index (χ0v) is 15.3. The molecular formula is C21H22N2O4. The molecule has 0 radical (unpaired) electrons. The number of esters is 1. The van der Waals surface area contributed by atoms with Crippen molar-refractivity contribution in [1.29, 1.82) is 0 Å². The number of nitrogens with one attached hydrogen (secondary N) is 2. The molecule has 0 aliphatic carbocycles. The van der Waals surface area contributed by atoms with Crippen molar-refractivity contribution in [2.45, 2.75) is 26.8 Å². The molecule has 0 atom stereocenters. The second-order valence-corrected chi connectivity index (χ2v) is 5.80. The molecule has 0 unspecified atom stereocenters. The Labute approximate surface area is 158 Å². The minimum Gasteiger partial charge on any atom is -0.427 e. The summed E-state index contributed by atoms with van der Waals surface area (Å²) in [4.78, 5) is 34.9. The first-order chi connectivity index (χ1) is 13.0. The Kier molecular flexibility index (Phi) is 7.31. The normalized spacial score (nSPS) is 10.4. The van der Waals surface area contributed by atoms with Gasteiger partial charge in [0.1, 0.15) is 5.75 Å². The number of hydrogen-bond acceptors (Lipinski definition) is 4. The molecule has 0 saturated heterocycles. The molecule has 0 fully saturated rings. The van der Waals surface area contributed by atoms with Gasteiger partial charge in [0.2, 0.25) is 5.91 Å². The summed E-state index contributed by atoms with van der Waals surface area (Å²) in [6.07, 6.45) is 4.12. The lowest BCUT2D eigenvalue weighted by Gasteiger charge is -2.08. The van der Waals surface area contributed by atoms with Crippen LogP contribution in [0.1, 0.15) is 36.2 Å². The largest absolute Gasteiger partial charge is 0.427 e. The molecule has 6 heteroatoms. The van der Waals surface area contributed by atoms with E-state index in [1.165, 1.54) is 19.1 Å². The molecule has 2 rings (SSSR count). The van der Waals surface area contributed by atoms with Crippen LogP contribution >= 0.6 is 0 Å². The maximum Gasteiger partial charge on any atom is 0.308 e. The van der Waals surface area contributed by atoms with Crippen LogP contribution in [0.5, 0.6) is 5.75 Å². The van der Waals surface area contributed by atoms with E-state index in [4.69, 9.17) is 4.74 Å². The molecular weight excluding hydrogens is 344 g/mol. The van der Waals surface area contributed by atoms with Crippen LogP contribution in [0, 0.1) is 0 Å². The lowest BCUT2D eigenvalue weighted by molar-refractivity contribution is -0.131. The topological polar surface area (TPSA) is 84.5 Å². The average molecular weight is 366 g/mol. The number of ether oxygens (including phenoxy) is 1. The van der Waals surface area contributed by atoms with Crippen LogP contribution in [0.4, 0.5) is 5.69 Å². The second kappa shape index (κ2) is 9.91. The third-order valence-electron chi connectivity index (χ3n) is 3.54. The first-order valence-electron chi connectivity index (χ1n) is 8.61. The van der Waals surface area contributed by atoms with Gasteiger partial charge in [-0.2, -0.15) is 0 Å². The lowest BCUT2D eigenvalue weighted by atomic mass is 10.1. The molecule has 140 valence electrons.